The van der Waals surface area contributed by atoms with E-state index in [4.69, 9.17) is 9.84 Å². The van der Waals surface area contributed by atoms with Crippen molar-refractivity contribution < 1.29 is 9.84 Å². The second-order valence-corrected chi connectivity index (χ2v) is 3.77. The number of aliphatic hydroxyl groups is 1. The number of aliphatic hydroxyl groups excluding tert-OH is 1. The van der Waals surface area contributed by atoms with Crippen LogP contribution in [0.15, 0.2) is 6.33 Å². The molecule has 1 aliphatic heterocycles. The van der Waals surface area contributed by atoms with Crippen LogP contribution in [0.1, 0.15) is 5.82 Å². The highest BCUT2D eigenvalue weighted by molar-refractivity contribution is 4.85. The Labute approximate surface area is 88.5 Å². The highest BCUT2D eigenvalue weighted by Gasteiger charge is 2.20. The van der Waals surface area contributed by atoms with Crippen LogP contribution in [0.5, 0.6) is 0 Å². The fraction of sp³-hybridized carbons (Fsp3) is 0.778. The summed E-state index contributed by atoms with van der Waals surface area (Å²) in [6.07, 6.45) is 1.63. The van der Waals surface area contributed by atoms with Crippen LogP contribution in [0.4, 0.5) is 0 Å². The summed E-state index contributed by atoms with van der Waals surface area (Å²) in [6, 6.07) is 0. The summed E-state index contributed by atoms with van der Waals surface area (Å²) in [4.78, 5) is 2.22. The van der Waals surface area contributed by atoms with Gasteiger partial charge in [0.25, 0.3) is 0 Å². The summed E-state index contributed by atoms with van der Waals surface area (Å²) >= 11 is 0. The van der Waals surface area contributed by atoms with Crippen LogP contribution < -0.4 is 0 Å². The minimum atomic E-state index is -0.0630. The second kappa shape index (κ2) is 4.69. The molecule has 0 amide bonds. The van der Waals surface area contributed by atoms with E-state index in [-0.39, 0.29) is 12.7 Å². The maximum atomic E-state index is 9.00. The minimum absolute atomic E-state index is 0.0630. The van der Waals surface area contributed by atoms with E-state index in [2.05, 4.69) is 15.1 Å². The Balaban J connectivity index is 1.92. The molecule has 6 nitrogen and oxygen atoms in total. The summed E-state index contributed by atoms with van der Waals surface area (Å²) in [7, 11) is 1.93. The fourth-order valence-corrected chi connectivity index (χ4v) is 1.68. The molecule has 2 heterocycles. The highest BCUT2D eigenvalue weighted by atomic mass is 16.5. The second-order valence-electron chi connectivity index (χ2n) is 3.77. The van der Waals surface area contributed by atoms with Crippen molar-refractivity contribution in [3.05, 3.63) is 12.2 Å². The molecule has 0 saturated carbocycles. The largest absolute Gasteiger partial charge is 0.394 e. The fourth-order valence-electron chi connectivity index (χ4n) is 1.68. The van der Waals surface area contributed by atoms with Gasteiger partial charge in [0.2, 0.25) is 0 Å². The van der Waals surface area contributed by atoms with Crippen molar-refractivity contribution in [3.63, 3.8) is 0 Å². The number of ether oxygens (including phenoxy) is 1. The maximum absolute atomic E-state index is 9.00. The molecule has 0 aromatic carbocycles. The first-order valence-electron chi connectivity index (χ1n) is 5.07. The molecule has 0 radical (unpaired) electrons. The van der Waals surface area contributed by atoms with Gasteiger partial charge in [-0.15, -0.1) is 10.2 Å². The number of aromatic nitrogens is 3. The molecule has 1 aliphatic rings. The minimum Gasteiger partial charge on any atom is -0.394 e. The van der Waals surface area contributed by atoms with Crippen LogP contribution >= 0.6 is 0 Å². The number of hydrogen-bond donors (Lipinski definition) is 1. The molecule has 6 heteroatoms. The Kier molecular flexibility index (Phi) is 3.30. The summed E-state index contributed by atoms with van der Waals surface area (Å²) in [6.45, 7) is 3.14. The van der Waals surface area contributed by atoms with E-state index < -0.39 is 0 Å². The van der Waals surface area contributed by atoms with Gasteiger partial charge in [0.1, 0.15) is 12.2 Å². The van der Waals surface area contributed by atoms with Crippen LogP contribution in [0.2, 0.25) is 0 Å². The molecule has 1 saturated heterocycles. The Hall–Kier alpha value is -0.980. The lowest BCUT2D eigenvalue weighted by molar-refractivity contribution is -0.0558. The van der Waals surface area contributed by atoms with E-state index in [1.54, 1.807) is 6.33 Å². The number of nitrogens with zero attached hydrogens (tertiary/aromatic N) is 4. The number of morpholine rings is 1. The van der Waals surface area contributed by atoms with Crippen molar-refractivity contribution in [1.82, 2.24) is 19.7 Å². The van der Waals surface area contributed by atoms with E-state index in [9.17, 15) is 0 Å². The van der Waals surface area contributed by atoms with Gasteiger partial charge in [0.15, 0.2) is 0 Å². The summed E-state index contributed by atoms with van der Waals surface area (Å²) in [5.41, 5.74) is 0. The Morgan fingerprint density at radius 3 is 3.20 bits per heavy atom. The topological polar surface area (TPSA) is 63.4 Å². The molecule has 84 valence electrons. The van der Waals surface area contributed by atoms with Crippen molar-refractivity contribution in [2.24, 2.45) is 7.05 Å². The third kappa shape index (κ3) is 2.53. The van der Waals surface area contributed by atoms with Gasteiger partial charge in [-0.05, 0) is 0 Å². The van der Waals surface area contributed by atoms with Crippen molar-refractivity contribution in [2.75, 3.05) is 26.3 Å². The number of rotatable bonds is 3. The Morgan fingerprint density at radius 1 is 1.67 bits per heavy atom. The van der Waals surface area contributed by atoms with Crippen LogP contribution in [0.25, 0.3) is 0 Å². The van der Waals surface area contributed by atoms with Crippen molar-refractivity contribution in [3.8, 4) is 0 Å². The molecule has 0 bridgehead atoms. The summed E-state index contributed by atoms with van der Waals surface area (Å²) < 4.78 is 7.28. The van der Waals surface area contributed by atoms with Crippen LogP contribution in [-0.2, 0) is 18.3 Å². The van der Waals surface area contributed by atoms with E-state index in [1.807, 2.05) is 11.6 Å². The van der Waals surface area contributed by atoms with Gasteiger partial charge in [0.05, 0.1) is 25.9 Å². The smallest absolute Gasteiger partial charge is 0.146 e. The average Bonchev–Trinajstić information content (AvgIpc) is 2.65. The van der Waals surface area contributed by atoms with Gasteiger partial charge in [-0.3, -0.25) is 4.90 Å². The molecule has 1 fully saturated rings. The average molecular weight is 212 g/mol. The number of aryl methyl sites for hydroxylation is 1. The van der Waals surface area contributed by atoms with Gasteiger partial charge < -0.3 is 14.4 Å². The standard InChI is InChI=1S/C9H16N4O2/c1-12-7-10-11-9(12)5-13-2-3-15-8(4-13)6-14/h7-8,14H,2-6H2,1H3. The first-order chi connectivity index (χ1) is 7.29. The zero-order valence-corrected chi connectivity index (χ0v) is 8.83. The van der Waals surface area contributed by atoms with Crippen LogP contribution in [0.3, 0.4) is 0 Å². The lowest BCUT2D eigenvalue weighted by Gasteiger charge is -2.31. The van der Waals surface area contributed by atoms with Crippen molar-refractivity contribution in [1.29, 1.82) is 0 Å². The predicted molar refractivity (Wildman–Crippen MR) is 53.1 cm³/mol. The SMILES string of the molecule is Cn1cnnc1CN1CCOC(CO)C1. The monoisotopic (exact) mass is 212 g/mol. The zero-order chi connectivity index (χ0) is 10.7. The van der Waals surface area contributed by atoms with Crippen molar-refractivity contribution >= 4 is 0 Å². The molecule has 0 aliphatic carbocycles. The third-order valence-corrected chi connectivity index (χ3v) is 2.60. The van der Waals surface area contributed by atoms with Crippen LogP contribution in [-0.4, -0.2) is 57.2 Å². The highest BCUT2D eigenvalue weighted by Crippen LogP contribution is 2.07. The Bertz CT molecular complexity index is 315. The summed E-state index contributed by atoms with van der Waals surface area (Å²) in [5.74, 6) is 0.939. The van der Waals surface area contributed by atoms with E-state index in [1.165, 1.54) is 0 Å². The molecule has 1 N–H and O–H groups in total. The predicted octanol–water partition coefficient (Wildman–Crippen LogP) is -0.992. The quantitative estimate of drug-likeness (QED) is 0.697. The van der Waals surface area contributed by atoms with Gasteiger partial charge in [-0.1, -0.05) is 0 Å². The lowest BCUT2D eigenvalue weighted by Crippen LogP contribution is -2.43. The number of hydrogen-bond acceptors (Lipinski definition) is 5. The molecule has 1 aromatic heterocycles. The molecular weight excluding hydrogens is 196 g/mol. The Morgan fingerprint density at radius 2 is 2.53 bits per heavy atom. The van der Waals surface area contributed by atoms with Crippen molar-refractivity contribution in [2.45, 2.75) is 12.6 Å². The maximum Gasteiger partial charge on any atom is 0.146 e. The molecule has 1 aromatic rings. The first-order valence-corrected chi connectivity index (χ1v) is 5.07. The van der Waals surface area contributed by atoms with E-state index in [0.29, 0.717) is 6.61 Å². The van der Waals surface area contributed by atoms with Gasteiger partial charge in [-0.2, -0.15) is 0 Å². The zero-order valence-electron chi connectivity index (χ0n) is 8.83. The van der Waals surface area contributed by atoms with E-state index in [0.717, 1.165) is 25.5 Å². The third-order valence-electron chi connectivity index (χ3n) is 2.60. The normalized spacial score (nSPS) is 23.2. The van der Waals surface area contributed by atoms with Gasteiger partial charge >= 0.3 is 0 Å². The first kappa shape index (κ1) is 10.5. The summed E-state index contributed by atoms with van der Waals surface area (Å²) in [5, 5.41) is 16.9. The molecule has 15 heavy (non-hydrogen) atoms. The molecule has 1 atom stereocenters. The van der Waals surface area contributed by atoms with Crippen LogP contribution in [0, 0.1) is 0 Å². The van der Waals surface area contributed by atoms with E-state index >= 15 is 0 Å². The molecular formula is C9H16N4O2. The molecule has 2 rings (SSSR count). The lowest BCUT2D eigenvalue weighted by atomic mass is 10.3. The molecule has 0 spiro atoms. The van der Waals surface area contributed by atoms with Gasteiger partial charge in [0, 0.05) is 20.1 Å². The molecule has 1 unspecified atom stereocenters. The van der Waals surface area contributed by atoms with Gasteiger partial charge in [-0.25, -0.2) is 0 Å².